The lowest BCUT2D eigenvalue weighted by Gasteiger charge is -2.20. The van der Waals surface area contributed by atoms with Gasteiger partial charge in [-0.05, 0) is 12.5 Å². The van der Waals surface area contributed by atoms with Crippen LogP contribution < -0.4 is 0 Å². The Morgan fingerprint density at radius 3 is 2.76 bits per heavy atom. The summed E-state index contributed by atoms with van der Waals surface area (Å²) in [5, 5.41) is 6.96. The molecule has 0 aliphatic carbocycles. The predicted octanol–water partition coefficient (Wildman–Crippen LogP) is 1.27. The third-order valence-electron chi connectivity index (χ3n) is 4.48. The molecule has 8 nitrogen and oxygen atoms in total. The first-order chi connectivity index (χ1) is 12.1. The molecule has 0 radical (unpaired) electrons. The molecule has 0 unspecified atom stereocenters. The lowest BCUT2D eigenvalue weighted by atomic mass is 10.1. The van der Waals surface area contributed by atoms with Gasteiger partial charge >= 0.3 is 6.09 Å². The van der Waals surface area contributed by atoms with Gasteiger partial charge in [0.05, 0.1) is 11.7 Å². The fraction of sp³-hybridized carbons (Fsp3) is 0.294. The number of aromatic amines is 1. The van der Waals surface area contributed by atoms with E-state index in [9.17, 15) is 14.4 Å². The third-order valence-corrected chi connectivity index (χ3v) is 4.48. The van der Waals surface area contributed by atoms with Crippen molar-refractivity contribution < 1.29 is 19.1 Å². The Bertz CT molecular complexity index is 816. The average molecular weight is 340 g/mol. The summed E-state index contributed by atoms with van der Waals surface area (Å²) in [6, 6.07) is 10.9. The molecule has 2 saturated heterocycles. The molecule has 4 rings (SSSR count). The molecule has 25 heavy (non-hydrogen) atoms. The summed E-state index contributed by atoms with van der Waals surface area (Å²) < 4.78 is 4.74. The van der Waals surface area contributed by atoms with Gasteiger partial charge in [0.2, 0.25) is 0 Å². The maximum atomic E-state index is 12.7. The fourth-order valence-corrected chi connectivity index (χ4v) is 3.21. The second-order valence-corrected chi connectivity index (χ2v) is 6.04. The van der Waals surface area contributed by atoms with Crippen LogP contribution >= 0.6 is 0 Å². The highest BCUT2D eigenvalue weighted by atomic mass is 16.6. The summed E-state index contributed by atoms with van der Waals surface area (Å²) in [6.07, 6.45) is -0.0797. The Labute approximate surface area is 143 Å². The highest BCUT2D eigenvalue weighted by Crippen LogP contribution is 2.23. The summed E-state index contributed by atoms with van der Waals surface area (Å²) in [5.74, 6) is -0.547. The molecule has 2 aliphatic heterocycles. The van der Waals surface area contributed by atoms with E-state index in [-0.39, 0.29) is 24.5 Å². The molecule has 2 fully saturated rings. The number of hydrogen-bond acceptors (Lipinski definition) is 5. The van der Waals surface area contributed by atoms with Crippen LogP contribution in [0.15, 0.2) is 36.4 Å². The lowest BCUT2D eigenvalue weighted by molar-refractivity contribution is -0.127. The number of nitrogens with zero attached hydrogens (tertiary/aromatic N) is 3. The zero-order valence-corrected chi connectivity index (χ0v) is 13.3. The maximum absolute atomic E-state index is 12.7. The minimum atomic E-state index is -0.628. The first kappa shape index (κ1) is 15.4. The number of ether oxygens (including phenoxy) is 1. The van der Waals surface area contributed by atoms with Crippen LogP contribution in [0.4, 0.5) is 4.79 Å². The van der Waals surface area contributed by atoms with E-state index in [4.69, 9.17) is 4.74 Å². The van der Waals surface area contributed by atoms with E-state index < -0.39 is 6.09 Å². The molecule has 8 heteroatoms. The van der Waals surface area contributed by atoms with Crippen molar-refractivity contribution in [2.24, 2.45) is 0 Å². The summed E-state index contributed by atoms with van der Waals surface area (Å²) in [5.41, 5.74) is 2.00. The molecule has 2 aromatic rings. The van der Waals surface area contributed by atoms with Crippen molar-refractivity contribution in [1.29, 1.82) is 0 Å². The van der Waals surface area contributed by atoms with Crippen molar-refractivity contribution in [2.45, 2.75) is 12.5 Å². The molecule has 1 aromatic heterocycles. The van der Waals surface area contributed by atoms with Crippen LogP contribution in [0.3, 0.4) is 0 Å². The number of aromatic nitrogens is 2. The van der Waals surface area contributed by atoms with E-state index >= 15 is 0 Å². The minimum absolute atomic E-state index is 0.197. The Morgan fingerprint density at radius 1 is 1.24 bits per heavy atom. The van der Waals surface area contributed by atoms with Crippen molar-refractivity contribution in [2.75, 3.05) is 19.7 Å². The number of imide groups is 1. The van der Waals surface area contributed by atoms with Crippen LogP contribution in [0.2, 0.25) is 0 Å². The Morgan fingerprint density at radius 2 is 2.04 bits per heavy atom. The van der Waals surface area contributed by atoms with Crippen LogP contribution in [0.1, 0.15) is 16.9 Å². The van der Waals surface area contributed by atoms with Crippen molar-refractivity contribution in [1.82, 2.24) is 20.0 Å². The van der Waals surface area contributed by atoms with E-state index in [2.05, 4.69) is 10.2 Å². The third kappa shape index (κ3) is 2.75. The number of rotatable bonds is 3. The minimum Gasteiger partial charge on any atom is -0.439 e. The first-order valence-corrected chi connectivity index (χ1v) is 8.02. The van der Waals surface area contributed by atoms with Gasteiger partial charge in [-0.2, -0.15) is 5.10 Å². The number of hydrogen-bond donors (Lipinski definition) is 1. The van der Waals surface area contributed by atoms with Gasteiger partial charge in [0.1, 0.15) is 5.69 Å². The summed E-state index contributed by atoms with van der Waals surface area (Å²) >= 11 is 0. The summed E-state index contributed by atoms with van der Waals surface area (Å²) in [7, 11) is 0. The molecule has 0 saturated carbocycles. The number of likely N-dealkylation sites (tertiary alicyclic amines) is 1. The van der Waals surface area contributed by atoms with Gasteiger partial charge in [0.15, 0.2) is 6.61 Å². The van der Waals surface area contributed by atoms with Gasteiger partial charge in [0.25, 0.3) is 11.8 Å². The average Bonchev–Trinajstić information content (AvgIpc) is 3.35. The number of cyclic esters (lactones) is 1. The SMILES string of the molecule is O=C(c1cc(-c2ccccc2)n[nH]1)N1CC[C@@H](N2C(=O)COC2=O)C1. The number of amides is 3. The second kappa shape index (κ2) is 6.04. The number of benzene rings is 1. The van der Waals surface area contributed by atoms with Crippen LogP contribution in [-0.2, 0) is 9.53 Å². The van der Waals surface area contributed by atoms with E-state index in [0.717, 1.165) is 10.5 Å². The first-order valence-electron chi connectivity index (χ1n) is 8.02. The zero-order chi connectivity index (χ0) is 17.4. The summed E-state index contributed by atoms with van der Waals surface area (Å²) in [6.45, 7) is 0.559. The molecule has 1 atom stereocenters. The molecule has 1 N–H and O–H groups in total. The van der Waals surface area contributed by atoms with Gasteiger partial charge in [-0.3, -0.25) is 14.7 Å². The van der Waals surface area contributed by atoms with E-state index in [1.807, 2.05) is 30.3 Å². The normalized spacial score (nSPS) is 20.2. The Balaban J connectivity index is 1.46. The monoisotopic (exact) mass is 340 g/mol. The van der Waals surface area contributed by atoms with E-state index in [1.165, 1.54) is 0 Å². The quantitative estimate of drug-likeness (QED) is 0.908. The lowest BCUT2D eigenvalue weighted by Crippen LogP contribution is -2.42. The van der Waals surface area contributed by atoms with Crippen molar-refractivity contribution in [3.8, 4) is 11.3 Å². The molecule has 1 aromatic carbocycles. The molecule has 0 bridgehead atoms. The van der Waals surface area contributed by atoms with E-state index in [0.29, 0.717) is 30.9 Å². The van der Waals surface area contributed by atoms with Gasteiger partial charge in [-0.25, -0.2) is 9.69 Å². The topological polar surface area (TPSA) is 95.6 Å². The van der Waals surface area contributed by atoms with Crippen LogP contribution in [0.5, 0.6) is 0 Å². The second-order valence-electron chi connectivity index (χ2n) is 6.04. The number of carbonyl (C=O) groups is 3. The standard InChI is InChI=1S/C17H16N4O4/c22-15-10-25-17(24)21(15)12-6-7-20(9-12)16(23)14-8-13(18-19-14)11-4-2-1-3-5-11/h1-5,8,12H,6-7,9-10H2,(H,18,19)/t12-/m1/s1. The van der Waals surface area contributed by atoms with Gasteiger partial charge < -0.3 is 9.64 Å². The molecule has 3 amide bonds. The maximum Gasteiger partial charge on any atom is 0.417 e. The predicted molar refractivity (Wildman–Crippen MR) is 86.5 cm³/mol. The Hall–Kier alpha value is -3.16. The van der Waals surface area contributed by atoms with Crippen LogP contribution in [0.25, 0.3) is 11.3 Å². The van der Waals surface area contributed by atoms with Gasteiger partial charge in [-0.15, -0.1) is 0 Å². The molecule has 0 spiro atoms. The Kier molecular flexibility index (Phi) is 3.72. The zero-order valence-electron chi connectivity index (χ0n) is 13.3. The van der Waals surface area contributed by atoms with Crippen LogP contribution in [0, 0.1) is 0 Å². The molecular formula is C17H16N4O4. The van der Waals surface area contributed by atoms with Crippen LogP contribution in [-0.4, -0.2) is 63.6 Å². The molecular weight excluding hydrogens is 324 g/mol. The highest BCUT2D eigenvalue weighted by Gasteiger charge is 2.41. The largest absolute Gasteiger partial charge is 0.439 e. The molecule has 2 aliphatic rings. The van der Waals surface area contributed by atoms with Crippen molar-refractivity contribution in [3.63, 3.8) is 0 Å². The molecule has 3 heterocycles. The van der Waals surface area contributed by atoms with Crippen molar-refractivity contribution in [3.05, 3.63) is 42.1 Å². The van der Waals surface area contributed by atoms with Crippen molar-refractivity contribution >= 4 is 17.9 Å². The van der Waals surface area contributed by atoms with Gasteiger partial charge in [-0.1, -0.05) is 30.3 Å². The van der Waals surface area contributed by atoms with E-state index in [1.54, 1.807) is 11.0 Å². The molecule has 128 valence electrons. The fourth-order valence-electron chi connectivity index (χ4n) is 3.21. The number of carbonyl (C=O) groups excluding carboxylic acids is 3. The number of H-pyrrole nitrogens is 1. The highest BCUT2D eigenvalue weighted by molar-refractivity contribution is 5.98. The number of nitrogens with one attached hydrogen (secondary N) is 1. The van der Waals surface area contributed by atoms with Gasteiger partial charge in [0, 0.05) is 18.7 Å². The smallest absolute Gasteiger partial charge is 0.417 e. The summed E-state index contributed by atoms with van der Waals surface area (Å²) in [4.78, 5) is 38.8.